The predicted molar refractivity (Wildman–Crippen MR) is 188 cm³/mol. The predicted octanol–water partition coefficient (Wildman–Crippen LogP) is 4.15. The van der Waals surface area contributed by atoms with Gasteiger partial charge in [-0.05, 0) is 49.0 Å². The Morgan fingerprint density at radius 1 is 0.830 bits per heavy atom. The Morgan fingerprint density at radius 2 is 1.42 bits per heavy atom. The van der Waals surface area contributed by atoms with Crippen molar-refractivity contribution in [3.8, 4) is 5.75 Å². The molecule has 0 amide bonds. The number of esters is 1. The van der Waals surface area contributed by atoms with Gasteiger partial charge in [0.05, 0.1) is 6.61 Å². The maximum Gasteiger partial charge on any atom is 0.343 e. The van der Waals surface area contributed by atoms with E-state index in [2.05, 4.69) is 6.58 Å². The first-order chi connectivity index (χ1) is 25.2. The minimum Gasteiger partial charge on any atom is -0.494 e. The lowest BCUT2D eigenvalue weighted by atomic mass is 9.74. The zero-order valence-electron chi connectivity index (χ0n) is 30.1. The summed E-state index contributed by atoms with van der Waals surface area (Å²) in [4.78, 5) is 50.8. The number of carbonyl (C=O) groups excluding carboxylic acids is 1. The summed E-state index contributed by atoms with van der Waals surface area (Å²) in [7, 11) is 0. The zero-order chi connectivity index (χ0) is 38.8. The van der Waals surface area contributed by atoms with E-state index in [9.17, 15) is 44.7 Å². The quantitative estimate of drug-likeness (QED) is 0.0651. The van der Waals surface area contributed by atoms with Crippen molar-refractivity contribution in [2.24, 2.45) is 5.92 Å². The fraction of sp³-hybridized carbons (Fsp3) is 0.538. The number of hydrogen-bond donors (Lipinski definition) is 5. The van der Waals surface area contributed by atoms with E-state index in [1.807, 2.05) is 67.6 Å². The van der Waals surface area contributed by atoms with Crippen LogP contribution in [0.1, 0.15) is 70.8 Å². The number of aliphatic hydroxyl groups is 2. The number of benzene rings is 2. The number of carboxylic acid groups (broad SMARTS) is 3. The number of carbonyl (C=O) groups is 4. The smallest absolute Gasteiger partial charge is 0.343 e. The van der Waals surface area contributed by atoms with Crippen molar-refractivity contribution in [2.75, 3.05) is 13.2 Å². The molecule has 2 heterocycles. The highest BCUT2D eigenvalue weighted by atomic mass is 16.8. The van der Waals surface area contributed by atoms with Crippen LogP contribution in [-0.2, 0) is 44.5 Å². The molecule has 5 N–H and O–H groups in total. The number of hydrogen-bond acceptors (Lipinski definition) is 11. The summed E-state index contributed by atoms with van der Waals surface area (Å²) in [5.41, 5.74) is -5.33. The topological polar surface area (TPSA) is 216 Å². The van der Waals surface area contributed by atoms with Crippen LogP contribution < -0.4 is 4.74 Å². The van der Waals surface area contributed by atoms with E-state index in [-0.39, 0.29) is 18.8 Å². The van der Waals surface area contributed by atoms with Gasteiger partial charge in [-0.1, -0.05) is 87.7 Å². The van der Waals surface area contributed by atoms with E-state index in [4.69, 9.17) is 23.7 Å². The number of rotatable bonds is 22. The maximum absolute atomic E-state index is 13.0. The Kier molecular flexibility index (Phi) is 14.2. The molecule has 0 spiro atoms. The average Bonchev–Trinajstić information content (AvgIpc) is 3.31. The molecule has 0 aliphatic carbocycles. The van der Waals surface area contributed by atoms with E-state index < -0.39 is 78.3 Å². The second kappa shape index (κ2) is 18.1. The molecular weight excluding hydrogens is 692 g/mol. The third kappa shape index (κ3) is 8.90. The van der Waals surface area contributed by atoms with Crippen molar-refractivity contribution in [3.05, 3.63) is 78.4 Å². The van der Waals surface area contributed by atoms with Gasteiger partial charge < -0.3 is 49.2 Å². The summed E-state index contributed by atoms with van der Waals surface area (Å²) in [5, 5.41) is 54.0. The molecule has 2 aliphatic rings. The van der Waals surface area contributed by atoms with Gasteiger partial charge in [0, 0.05) is 25.9 Å². The molecule has 2 aliphatic heterocycles. The Bertz CT molecular complexity index is 1570. The highest BCUT2D eigenvalue weighted by molar-refractivity contribution is 5.98. The molecule has 14 nitrogen and oxygen atoms in total. The molecule has 53 heavy (non-hydrogen) atoms. The van der Waals surface area contributed by atoms with Crippen LogP contribution >= 0.6 is 0 Å². The molecular formula is C39H50O14. The highest BCUT2D eigenvalue weighted by Gasteiger charge is 2.85. The largest absolute Gasteiger partial charge is 0.494 e. The van der Waals surface area contributed by atoms with Gasteiger partial charge in [-0.15, -0.1) is 0 Å². The second-order valence-corrected chi connectivity index (χ2v) is 13.7. The highest BCUT2D eigenvalue weighted by Crippen LogP contribution is 2.56. The van der Waals surface area contributed by atoms with Crippen LogP contribution in [0.15, 0.2) is 72.8 Å². The van der Waals surface area contributed by atoms with Gasteiger partial charge in [0.15, 0.2) is 5.79 Å². The van der Waals surface area contributed by atoms with Crippen molar-refractivity contribution >= 4 is 23.9 Å². The van der Waals surface area contributed by atoms with Crippen molar-refractivity contribution in [1.82, 2.24) is 0 Å². The first-order valence-electron chi connectivity index (χ1n) is 17.9. The molecule has 4 rings (SSSR count). The lowest BCUT2D eigenvalue weighted by Gasteiger charge is -2.50. The number of carboxylic acids is 3. The van der Waals surface area contributed by atoms with Gasteiger partial charge in [-0.2, -0.15) is 0 Å². The van der Waals surface area contributed by atoms with E-state index in [0.717, 1.165) is 37.0 Å². The molecule has 0 saturated carbocycles. The van der Waals surface area contributed by atoms with Crippen LogP contribution in [0.2, 0.25) is 0 Å². The normalized spacial score (nSPS) is 27.4. The zero-order valence-corrected chi connectivity index (χ0v) is 30.1. The number of fused-ring (bicyclic) bond motifs is 2. The lowest BCUT2D eigenvalue weighted by Crippen LogP contribution is -2.78. The number of aliphatic carboxylic acids is 3. The number of aliphatic hydroxyl groups excluding tert-OH is 2. The monoisotopic (exact) mass is 742 g/mol. The summed E-state index contributed by atoms with van der Waals surface area (Å²) in [5.74, 6) is -8.66. The molecule has 8 atom stereocenters. The Labute approximate surface area is 308 Å². The molecule has 2 aromatic carbocycles. The molecule has 0 aromatic heterocycles. The molecule has 2 bridgehead atoms. The van der Waals surface area contributed by atoms with Crippen LogP contribution in [0.25, 0.3) is 0 Å². The van der Waals surface area contributed by atoms with Gasteiger partial charge in [-0.25, -0.2) is 14.4 Å². The van der Waals surface area contributed by atoms with E-state index in [1.165, 1.54) is 6.92 Å². The summed E-state index contributed by atoms with van der Waals surface area (Å²) in [6.45, 7) is 7.25. The van der Waals surface area contributed by atoms with Crippen LogP contribution in [0.3, 0.4) is 0 Å². The molecule has 14 heteroatoms. The number of unbranched alkanes of at least 4 members (excludes halogenated alkanes) is 5. The first-order valence-corrected chi connectivity index (χ1v) is 17.9. The third-order valence-corrected chi connectivity index (χ3v) is 9.89. The lowest BCUT2D eigenvalue weighted by molar-refractivity contribution is -0.380. The molecule has 2 fully saturated rings. The fourth-order valence-corrected chi connectivity index (χ4v) is 7.25. The first kappa shape index (κ1) is 41.4. The fourth-order valence-electron chi connectivity index (χ4n) is 7.25. The van der Waals surface area contributed by atoms with Crippen LogP contribution in [0.5, 0.6) is 5.75 Å². The van der Waals surface area contributed by atoms with Crippen LogP contribution in [-0.4, -0.2) is 104 Å². The van der Waals surface area contributed by atoms with Gasteiger partial charge in [0.1, 0.15) is 24.1 Å². The van der Waals surface area contributed by atoms with E-state index in [1.54, 1.807) is 0 Å². The van der Waals surface area contributed by atoms with E-state index in [0.29, 0.717) is 25.0 Å². The average molecular weight is 743 g/mol. The third-order valence-electron chi connectivity index (χ3n) is 9.89. The van der Waals surface area contributed by atoms with Crippen LogP contribution in [0.4, 0.5) is 0 Å². The second-order valence-electron chi connectivity index (χ2n) is 13.7. The molecule has 290 valence electrons. The summed E-state index contributed by atoms with van der Waals surface area (Å²) in [6.07, 6.45) is -4.27. The minimum atomic E-state index is -3.30. The number of ether oxygens (including phenoxy) is 5. The summed E-state index contributed by atoms with van der Waals surface area (Å²) < 4.78 is 28.5. The van der Waals surface area contributed by atoms with Crippen LogP contribution in [0, 0.1) is 5.92 Å². The maximum atomic E-state index is 13.0. The van der Waals surface area contributed by atoms with Gasteiger partial charge in [0.2, 0.25) is 17.3 Å². The standard InChI is InChI=1S/C39H50O14/c1-25(30(51-27(3)40)26(2)24-28-16-10-8-11-17-28)20-21-37-31(41)32(42)38(53-37,35(45)46)39(36(47)48,33(52-37)34(43)44)50-23-15-7-5-4-6-14-22-49-29-18-12-9-13-19-29/h8-13,16-19,26,30-33,41-42H,1,4-7,14-15,20-24H2,2-3H3,(H,43,44)(H,45,46)(H,47,48)/t26-,30-,31-,32-,33-,37+,38+,39-/m1/s1. The van der Waals surface area contributed by atoms with Crippen molar-refractivity contribution in [3.63, 3.8) is 0 Å². The van der Waals surface area contributed by atoms with Crippen molar-refractivity contribution < 1.29 is 68.4 Å². The summed E-state index contributed by atoms with van der Waals surface area (Å²) in [6, 6.07) is 18.8. The number of para-hydroxylation sites is 1. The molecule has 0 radical (unpaired) electrons. The van der Waals surface area contributed by atoms with E-state index >= 15 is 0 Å². The molecule has 2 aromatic rings. The molecule has 2 saturated heterocycles. The van der Waals surface area contributed by atoms with Gasteiger partial charge in [0.25, 0.3) is 0 Å². The van der Waals surface area contributed by atoms with Crippen molar-refractivity contribution in [2.45, 2.75) is 113 Å². The van der Waals surface area contributed by atoms with Crippen molar-refractivity contribution in [1.29, 1.82) is 0 Å². The SMILES string of the molecule is C=C(CC[C@]12O[C@H](C(=O)O)[C@@](OCCCCCCCCOc3ccccc3)(C(=O)O)[C@](C(=O)O)(O1)[C@H](O)[C@H]2O)[C@@H](OC(C)=O)[C@H](C)Cc1ccccc1. The Hall–Kier alpha value is -4.34. The van der Waals surface area contributed by atoms with Gasteiger partial charge >= 0.3 is 23.9 Å². The Balaban J connectivity index is 1.45. The minimum absolute atomic E-state index is 0.164. The summed E-state index contributed by atoms with van der Waals surface area (Å²) >= 11 is 0. The molecule has 0 unspecified atom stereocenters. The van der Waals surface area contributed by atoms with Gasteiger partial charge in [-0.3, -0.25) is 4.79 Å². The Morgan fingerprint density at radius 3 is 1.98 bits per heavy atom.